The van der Waals surface area contributed by atoms with Crippen LogP contribution in [0.5, 0.6) is 0 Å². The lowest BCUT2D eigenvalue weighted by molar-refractivity contribution is 0.0690. The normalized spacial score (nSPS) is 17.1. The van der Waals surface area contributed by atoms with Gasteiger partial charge in [-0.25, -0.2) is 14.5 Å². The number of aromatic nitrogens is 1. The monoisotopic (exact) mass is 320 g/mol. The van der Waals surface area contributed by atoms with Gasteiger partial charge in [0.2, 0.25) is 0 Å². The Morgan fingerprint density at radius 1 is 1.35 bits per heavy atom. The molecule has 20 heavy (non-hydrogen) atoms. The maximum atomic E-state index is 11.1. The summed E-state index contributed by atoms with van der Waals surface area (Å²) in [5.41, 5.74) is -0.133. The van der Waals surface area contributed by atoms with Gasteiger partial charge in [0, 0.05) is 4.88 Å². The van der Waals surface area contributed by atoms with E-state index >= 15 is 0 Å². The molecule has 0 amide bonds. The van der Waals surface area contributed by atoms with Gasteiger partial charge in [-0.15, -0.1) is 11.3 Å². The van der Waals surface area contributed by atoms with Crippen LogP contribution in [0.3, 0.4) is 0 Å². The molecule has 0 bridgehead atoms. The third kappa shape index (κ3) is 4.15. The van der Waals surface area contributed by atoms with Crippen molar-refractivity contribution < 1.29 is 22.9 Å². The molecule has 1 aromatic heterocycles. The minimum Gasteiger partial charge on any atom is -0.476 e. The van der Waals surface area contributed by atoms with E-state index in [-0.39, 0.29) is 10.8 Å². The molecule has 0 atom stereocenters. The van der Waals surface area contributed by atoms with E-state index in [1.807, 2.05) is 0 Å². The fourth-order valence-electron chi connectivity index (χ4n) is 2.46. The number of nitrogens with zero attached hydrogens (tertiary/aromatic N) is 1. The van der Waals surface area contributed by atoms with Crippen LogP contribution < -0.4 is 4.72 Å². The highest BCUT2D eigenvalue weighted by Gasteiger charge is 2.23. The van der Waals surface area contributed by atoms with Crippen LogP contribution in [0.15, 0.2) is 0 Å². The molecule has 2 rings (SSSR count). The van der Waals surface area contributed by atoms with Crippen molar-refractivity contribution in [1.82, 2.24) is 4.98 Å². The summed E-state index contributed by atoms with van der Waals surface area (Å²) >= 11 is 0.966. The molecule has 9 heteroatoms. The van der Waals surface area contributed by atoms with Crippen molar-refractivity contribution in [2.75, 3.05) is 4.72 Å². The maximum Gasteiger partial charge on any atom is 0.359 e. The van der Waals surface area contributed by atoms with E-state index < -0.39 is 16.3 Å². The van der Waals surface area contributed by atoms with Crippen LogP contribution in [0.1, 0.15) is 47.5 Å². The molecule has 0 aliphatic heterocycles. The zero-order valence-electron chi connectivity index (χ0n) is 10.7. The van der Waals surface area contributed by atoms with Crippen LogP contribution in [0.2, 0.25) is 0 Å². The average Bonchev–Trinajstić information content (AvgIpc) is 2.71. The number of hydrogen-bond acceptors (Lipinski definition) is 5. The third-order valence-electron chi connectivity index (χ3n) is 3.32. The number of nitrogens with one attached hydrogen (secondary N) is 1. The van der Waals surface area contributed by atoms with Crippen molar-refractivity contribution >= 4 is 32.7 Å². The average molecular weight is 320 g/mol. The fraction of sp³-hybridized carbons (Fsp3) is 0.636. The van der Waals surface area contributed by atoms with Crippen LogP contribution in [0, 0.1) is 5.92 Å². The molecule has 1 saturated carbocycles. The van der Waals surface area contributed by atoms with Crippen molar-refractivity contribution in [3.05, 3.63) is 10.6 Å². The van der Waals surface area contributed by atoms with Gasteiger partial charge in [0.25, 0.3) is 0 Å². The highest BCUT2D eigenvalue weighted by atomic mass is 32.2. The Bertz CT molecular complexity index is 590. The first-order valence-corrected chi connectivity index (χ1v) is 8.59. The van der Waals surface area contributed by atoms with Crippen molar-refractivity contribution in [3.63, 3.8) is 0 Å². The number of rotatable bonds is 5. The first-order chi connectivity index (χ1) is 9.35. The SMILES string of the molecule is O=C(O)c1nc(NS(=O)(=O)O)sc1CC1CCCCC1. The number of aromatic carboxylic acids is 1. The van der Waals surface area contributed by atoms with Crippen molar-refractivity contribution in [1.29, 1.82) is 0 Å². The van der Waals surface area contributed by atoms with E-state index in [2.05, 4.69) is 4.98 Å². The molecule has 1 heterocycles. The standard InChI is InChI=1S/C11H16N2O5S2/c14-10(15)9-8(6-7-4-2-1-3-5-7)19-11(12-9)13-20(16,17)18/h7H,1-6H2,(H,12,13)(H,14,15)(H,16,17,18). The van der Waals surface area contributed by atoms with E-state index in [4.69, 9.17) is 9.66 Å². The van der Waals surface area contributed by atoms with Crippen molar-refractivity contribution in [2.45, 2.75) is 38.5 Å². The molecular weight excluding hydrogens is 304 g/mol. The first-order valence-electron chi connectivity index (χ1n) is 6.33. The number of thiazole rings is 1. The fourth-order valence-corrected chi connectivity index (χ4v) is 4.13. The Morgan fingerprint density at radius 2 is 2.00 bits per heavy atom. The summed E-state index contributed by atoms with van der Waals surface area (Å²) in [6.45, 7) is 0. The van der Waals surface area contributed by atoms with E-state index in [1.165, 1.54) is 6.42 Å². The van der Waals surface area contributed by atoms with Gasteiger partial charge in [-0.2, -0.15) is 8.42 Å². The molecular formula is C11H16N2O5S2. The second-order valence-electron chi connectivity index (χ2n) is 4.88. The number of hydrogen-bond donors (Lipinski definition) is 3. The molecule has 112 valence electrons. The second kappa shape index (κ2) is 6.06. The van der Waals surface area contributed by atoms with Gasteiger partial charge >= 0.3 is 16.3 Å². The smallest absolute Gasteiger partial charge is 0.359 e. The zero-order chi connectivity index (χ0) is 14.8. The predicted molar refractivity (Wildman–Crippen MR) is 74.5 cm³/mol. The molecule has 0 aromatic carbocycles. The summed E-state index contributed by atoms with van der Waals surface area (Å²) in [7, 11) is -4.43. The molecule has 1 aliphatic carbocycles. The molecule has 1 fully saturated rings. The zero-order valence-corrected chi connectivity index (χ0v) is 12.3. The summed E-state index contributed by atoms with van der Waals surface area (Å²) in [4.78, 5) is 15.4. The molecule has 3 N–H and O–H groups in total. The van der Waals surface area contributed by atoms with Gasteiger partial charge in [0.1, 0.15) is 0 Å². The molecule has 0 spiro atoms. The number of carboxylic acid groups (broad SMARTS) is 1. The Labute approximate surface area is 120 Å². The van der Waals surface area contributed by atoms with Crippen molar-refractivity contribution in [2.24, 2.45) is 5.92 Å². The summed E-state index contributed by atoms with van der Waals surface area (Å²) in [5, 5.41) is 9.00. The van der Waals surface area contributed by atoms with E-state index in [9.17, 15) is 13.2 Å². The summed E-state index contributed by atoms with van der Waals surface area (Å²) < 4.78 is 32.0. The van der Waals surface area contributed by atoms with Gasteiger partial charge in [0.15, 0.2) is 10.8 Å². The van der Waals surface area contributed by atoms with E-state index in [0.717, 1.165) is 37.0 Å². The van der Waals surface area contributed by atoms with Crippen LogP contribution in [0.4, 0.5) is 5.13 Å². The molecule has 7 nitrogen and oxygen atoms in total. The van der Waals surface area contributed by atoms with Crippen LogP contribution >= 0.6 is 11.3 Å². The number of carboxylic acids is 1. The number of carbonyl (C=O) groups is 1. The summed E-state index contributed by atoms with van der Waals surface area (Å²) in [6, 6.07) is 0. The molecule has 0 radical (unpaired) electrons. The molecule has 1 aromatic rings. The van der Waals surface area contributed by atoms with E-state index in [1.54, 1.807) is 4.72 Å². The highest BCUT2D eigenvalue weighted by molar-refractivity contribution is 7.87. The summed E-state index contributed by atoms with van der Waals surface area (Å²) in [5.74, 6) is -0.767. The molecule has 0 unspecified atom stereocenters. The van der Waals surface area contributed by atoms with Gasteiger partial charge in [-0.1, -0.05) is 32.1 Å². The quantitative estimate of drug-likeness (QED) is 0.716. The van der Waals surface area contributed by atoms with Gasteiger partial charge in [-0.3, -0.25) is 4.55 Å². The minimum atomic E-state index is -4.43. The predicted octanol–water partition coefficient (Wildman–Crippen LogP) is 2.18. The van der Waals surface area contributed by atoms with Crippen LogP contribution in [-0.4, -0.2) is 29.0 Å². The Hall–Kier alpha value is -1.19. The summed E-state index contributed by atoms with van der Waals surface area (Å²) in [6.07, 6.45) is 6.19. The van der Waals surface area contributed by atoms with Gasteiger partial charge in [0.05, 0.1) is 0 Å². The second-order valence-corrected chi connectivity index (χ2v) is 7.12. The van der Waals surface area contributed by atoms with Gasteiger partial charge < -0.3 is 5.11 Å². The van der Waals surface area contributed by atoms with Crippen molar-refractivity contribution in [3.8, 4) is 0 Å². The molecule has 1 aliphatic rings. The van der Waals surface area contributed by atoms with Gasteiger partial charge in [-0.05, 0) is 12.3 Å². The Balaban J connectivity index is 2.19. The Kier molecular flexibility index (Phi) is 4.61. The third-order valence-corrected chi connectivity index (χ3v) is 4.89. The van der Waals surface area contributed by atoms with E-state index in [0.29, 0.717) is 17.2 Å². The lowest BCUT2D eigenvalue weighted by atomic mass is 9.86. The lowest BCUT2D eigenvalue weighted by Gasteiger charge is -2.20. The lowest BCUT2D eigenvalue weighted by Crippen LogP contribution is -2.11. The van der Waals surface area contributed by atoms with Crippen LogP contribution in [-0.2, 0) is 16.7 Å². The van der Waals surface area contributed by atoms with Crippen LogP contribution in [0.25, 0.3) is 0 Å². The first kappa shape index (κ1) is 15.2. The molecule has 0 saturated heterocycles. The Morgan fingerprint density at radius 3 is 2.55 bits per heavy atom. The largest absolute Gasteiger partial charge is 0.476 e. The maximum absolute atomic E-state index is 11.1. The topological polar surface area (TPSA) is 117 Å². The highest BCUT2D eigenvalue weighted by Crippen LogP contribution is 2.32. The minimum absolute atomic E-state index is 0.115. The number of anilines is 1.